The van der Waals surface area contributed by atoms with Gasteiger partial charge < -0.3 is 5.32 Å². The molecule has 0 aliphatic carbocycles. The Morgan fingerprint density at radius 1 is 1.20 bits per heavy atom. The molecule has 0 saturated heterocycles. The van der Waals surface area contributed by atoms with E-state index in [4.69, 9.17) is 5.21 Å². The van der Waals surface area contributed by atoms with Crippen molar-refractivity contribution in [2.24, 2.45) is 5.41 Å². The van der Waals surface area contributed by atoms with Gasteiger partial charge in [0, 0.05) is 11.3 Å². The highest BCUT2D eigenvalue weighted by atomic mass is 16.5. The molecule has 7 nitrogen and oxygen atoms in total. The molecule has 25 heavy (non-hydrogen) atoms. The molecule has 1 unspecified atom stereocenters. The van der Waals surface area contributed by atoms with Gasteiger partial charge >= 0.3 is 0 Å². The summed E-state index contributed by atoms with van der Waals surface area (Å²) in [5.74, 6) is -0.834. The number of hydroxylamine groups is 1. The largest absolute Gasteiger partial charge is 0.343 e. The number of carbonyl (C=O) groups is 2. The van der Waals surface area contributed by atoms with E-state index >= 15 is 0 Å². The Hall–Kier alpha value is -2.67. The van der Waals surface area contributed by atoms with Gasteiger partial charge in [-0.25, -0.2) is 5.48 Å². The molecular weight excluding hydrogens is 320 g/mol. The van der Waals surface area contributed by atoms with Crippen molar-refractivity contribution < 1.29 is 14.8 Å². The van der Waals surface area contributed by atoms with Gasteiger partial charge in [-0.2, -0.15) is 5.10 Å². The molecule has 1 aromatic heterocycles. The van der Waals surface area contributed by atoms with E-state index in [1.54, 1.807) is 35.8 Å². The Balaban J connectivity index is 2.24. The van der Waals surface area contributed by atoms with Crippen LogP contribution in [0.4, 0.5) is 0 Å². The summed E-state index contributed by atoms with van der Waals surface area (Å²) in [7, 11) is 0. The van der Waals surface area contributed by atoms with Crippen LogP contribution >= 0.6 is 0 Å². The molecule has 0 aliphatic heterocycles. The molecule has 1 heterocycles. The van der Waals surface area contributed by atoms with Gasteiger partial charge in [0.25, 0.3) is 11.8 Å². The van der Waals surface area contributed by atoms with Crippen LogP contribution in [-0.2, 0) is 6.42 Å². The monoisotopic (exact) mass is 344 g/mol. The molecule has 2 amide bonds. The molecule has 0 radical (unpaired) electrons. The SMILES string of the molecule is CCc1cc(C(=O)NC(c2ccc(C(=O)NO)cc2)C(C)(C)C)n[nH]1. The first-order valence-electron chi connectivity index (χ1n) is 8.15. The molecule has 0 fully saturated rings. The molecule has 1 atom stereocenters. The van der Waals surface area contributed by atoms with Crippen LogP contribution in [0.15, 0.2) is 30.3 Å². The third-order valence-electron chi connectivity index (χ3n) is 3.99. The van der Waals surface area contributed by atoms with Gasteiger partial charge in [0.1, 0.15) is 5.69 Å². The number of aryl methyl sites for hydroxylation is 1. The Bertz CT molecular complexity index is 744. The van der Waals surface area contributed by atoms with Crippen LogP contribution in [0.1, 0.15) is 65.8 Å². The molecule has 2 rings (SSSR count). The van der Waals surface area contributed by atoms with Gasteiger partial charge in [-0.05, 0) is 35.6 Å². The van der Waals surface area contributed by atoms with Crippen molar-refractivity contribution in [2.45, 2.75) is 40.2 Å². The van der Waals surface area contributed by atoms with Crippen LogP contribution in [0.3, 0.4) is 0 Å². The van der Waals surface area contributed by atoms with Crippen molar-refractivity contribution in [3.05, 3.63) is 52.8 Å². The number of nitrogens with zero attached hydrogens (tertiary/aromatic N) is 1. The fourth-order valence-corrected chi connectivity index (χ4v) is 2.56. The number of hydrogen-bond acceptors (Lipinski definition) is 4. The first-order valence-corrected chi connectivity index (χ1v) is 8.15. The second kappa shape index (κ2) is 7.48. The van der Waals surface area contributed by atoms with Gasteiger partial charge in [0.2, 0.25) is 0 Å². The van der Waals surface area contributed by atoms with Crippen LogP contribution in [0.2, 0.25) is 0 Å². The molecule has 134 valence electrons. The van der Waals surface area contributed by atoms with E-state index in [9.17, 15) is 9.59 Å². The molecule has 7 heteroatoms. The van der Waals surface area contributed by atoms with Crippen molar-refractivity contribution in [3.8, 4) is 0 Å². The topological polar surface area (TPSA) is 107 Å². The van der Waals surface area contributed by atoms with Crippen molar-refractivity contribution in [3.63, 3.8) is 0 Å². The van der Waals surface area contributed by atoms with Gasteiger partial charge in [-0.1, -0.05) is 39.8 Å². The summed E-state index contributed by atoms with van der Waals surface area (Å²) in [6, 6.07) is 8.22. The number of H-pyrrole nitrogens is 1. The average Bonchev–Trinajstić information content (AvgIpc) is 3.07. The number of benzene rings is 1. The third-order valence-corrected chi connectivity index (χ3v) is 3.99. The minimum atomic E-state index is -0.577. The summed E-state index contributed by atoms with van der Waals surface area (Å²) >= 11 is 0. The smallest absolute Gasteiger partial charge is 0.274 e. The number of aromatic nitrogens is 2. The summed E-state index contributed by atoms with van der Waals surface area (Å²) < 4.78 is 0. The highest BCUT2D eigenvalue weighted by Gasteiger charge is 2.29. The Labute approximate surface area is 146 Å². The molecule has 2 aromatic rings. The maximum Gasteiger partial charge on any atom is 0.274 e. The summed E-state index contributed by atoms with van der Waals surface area (Å²) in [5, 5.41) is 18.6. The molecule has 0 saturated carbocycles. The van der Waals surface area contributed by atoms with Crippen LogP contribution in [0.5, 0.6) is 0 Å². The Morgan fingerprint density at radius 2 is 1.84 bits per heavy atom. The zero-order valence-electron chi connectivity index (χ0n) is 14.9. The van der Waals surface area contributed by atoms with Crippen molar-refractivity contribution in [1.29, 1.82) is 0 Å². The number of hydrogen-bond donors (Lipinski definition) is 4. The zero-order chi connectivity index (χ0) is 18.6. The Morgan fingerprint density at radius 3 is 2.32 bits per heavy atom. The Kier molecular flexibility index (Phi) is 5.58. The lowest BCUT2D eigenvalue weighted by Gasteiger charge is -2.31. The maximum atomic E-state index is 12.5. The van der Waals surface area contributed by atoms with Crippen LogP contribution < -0.4 is 10.8 Å². The first kappa shape index (κ1) is 18.7. The summed E-state index contributed by atoms with van der Waals surface area (Å²) in [6.07, 6.45) is 0.775. The minimum absolute atomic E-state index is 0.250. The van der Waals surface area contributed by atoms with E-state index in [-0.39, 0.29) is 17.4 Å². The lowest BCUT2D eigenvalue weighted by atomic mass is 9.82. The quantitative estimate of drug-likeness (QED) is 0.494. The number of rotatable bonds is 5. The second-order valence-corrected chi connectivity index (χ2v) is 6.97. The molecule has 4 N–H and O–H groups in total. The fraction of sp³-hybridized carbons (Fsp3) is 0.389. The standard InChI is InChI=1S/C18H24N4O3/c1-5-13-10-14(21-20-13)17(24)19-15(18(2,3)4)11-6-8-12(9-7-11)16(23)22-25/h6-10,15,25H,5H2,1-4H3,(H,19,24)(H,20,21)(H,22,23). The van der Waals surface area contributed by atoms with Crippen LogP contribution in [0, 0.1) is 5.41 Å². The van der Waals surface area contributed by atoms with E-state index in [0.717, 1.165) is 17.7 Å². The van der Waals surface area contributed by atoms with E-state index in [2.05, 4.69) is 15.5 Å². The number of nitrogens with one attached hydrogen (secondary N) is 3. The number of aromatic amines is 1. The van der Waals surface area contributed by atoms with E-state index in [1.165, 1.54) is 0 Å². The predicted molar refractivity (Wildman–Crippen MR) is 93.3 cm³/mol. The molecule has 0 aliphatic rings. The van der Waals surface area contributed by atoms with Crippen LogP contribution in [-0.4, -0.2) is 27.2 Å². The zero-order valence-corrected chi connectivity index (χ0v) is 14.9. The lowest BCUT2D eigenvalue weighted by molar-refractivity contribution is 0.0706. The maximum absolute atomic E-state index is 12.5. The third kappa shape index (κ3) is 4.45. The second-order valence-electron chi connectivity index (χ2n) is 6.97. The van der Waals surface area contributed by atoms with Crippen molar-refractivity contribution >= 4 is 11.8 Å². The summed E-state index contributed by atoms with van der Waals surface area (Å²) in [5.41, 5.74) is 3.80. The van der Waals surface area contributed by atoms with Crippen molar-refractivity contribution in [1.82, 2.24) is 21.0 Å². The molecular formula is C18H24N4O3. The highest BCUT2D eigenvalue weighted by molar-refractivity contribution is 5.93. The van der Waals surface area contributed by atoms with E-state index in [1.807, 2.05) is 27.7 Å². The predicted octanol–water partition coefficient (Wildman–Crippen LogP) is 2.61. The van der Waals surface area contributed by atoms with E-state index in [0.29, 0.717) is 11.3 Å². The van der Waals surface area contributed by atoms with Gasteiger partial charge in [-0.15, -0.1) is 0 Å². The minimum Gasteiger partial charge on any atom is -0.343 e. The molecule has 0 spiro atoms. The van der Waals surface area contributed by atoms with Gasteiger partial charge in [-0.3, -0.25) is 19.9 Å². The molecule has 1 aromatic carbocycles. The lowest BCUT2D eigenvalue weighted by Crippen LogP contribution is -2.36. The van der Waals surface area contributed by atoms with Crippen molar-refractivity contribution in [2.75, 3.05) is 0 Å². The van der Waals surface area contributed by atoms with E-state index < -0.39 is 5.91 Å². The van der Waals surface area contributed by atoms with Gasteiger partial charge in [0.15, 0.2) is 0 Å². The van der Waals surface area contributed by atoms with Crippen LogP contribution in [0.25, 0.3) is 0 Å². The van der Waals surface area contributed by atoms with Gasteiger partial charge in [0.05, 0.1) is 6.04 Å². The normalized spacial score (nSPS) is 12.5. The highest BCUT2D eigenvalue weighted by Crippen LogP contribution is 2.33. The fourth-order valence-electron chi connectivity index (χ4n) is 2.56. The summed E-state index contributed by atoms with van der Waals surface area (Å²) in [6.45, 7) is 8.05. The first-order chi connectivity index (χ1) is 11.8. The molecule has 0 bridgehead atoms. The summed E-state index contributed by atoms with van der Waals surface area (Å²) in [4.78, 5) is 24.0. The number of carbonyl (C=O) groups excluding carboxylic acids is 2. The number of amides is 2. The average molecular weight is 344 g/mol.